The van der Waals surface area contributed by atoms with Crippen LogP contribution in [0.2, 0.25) is 0 Å². The number of aliphatic carboxylic acids is 1. The number of carbonyl (C=O) groups is 1. The van der Waals surface area contributed by atoms with Crippen LogP contribution in [0.1, 0.15) is 32.4 Å². The largest absolute Gasteiger partial charge is 0.479 e. The molecule has 0 amide bonds. The summed E-state index contributed by atoms with van der Waals surface area (Å²) in [4.78, 5) is 20.8. The summed E-state index contributed by atoms with van der Waals surface area (Å²) in [5, 5.41) is 19.4. The highest BCUT2D eigenvalue weighted by atomic mass is 16.6. The molecule has 0 aliphatic rings. The minimum atomic E-state index is -1.16. The van der Waals surface area contributed by atoms with Gasteiger partial charge in [-0.3, -0.25) is 10.1 Å². The zero-order chi connectivity index (χ0) is 14.1. The third-order valence-corrected chi connectivity index (χ3v) is 1.94. The van der Waals surface area contributed by atoms with E-state index in [1.54, 1.807) is 6.92 Å². The Balaban J connectivity index is 0.00000137. The molecule has 1 aromatic rings. The van der Waals surface area contributed by atoms with Crippen LogP contribution in [0.25, 0.3) is 0 Å². The van der Waals surface area contributed by atoms with Crippen LogP contribution in [0, 0.1) is 10.1 Å². The topological polar surface area (TPSA) is 89.7 Å². The third kappa shape index (κ3) is 4.50. The lowest BCUT2D eigenvalue weighted by Gasteiger charge is -2.11. The molecular weight excluding hydrogens is 238 g/mol. The molecule has 1 aromatic carbocycles. The first kappa shape index (κ1) is 16.1. The standard InChI is InChI=1S/C10H11NO5.C2H6/c1-2-16-9(10(12)13)7-4-3-5-8(6-7)11(14)15;1-2/h3-6,9H,2H2,1H3,(H,12,13);1-2H3. The molecule has 0 spiro atoms. The van der Waals surface area contributed by atoms with Crippen molar-refractivity contribution < 1.29 is 19.6 Å². The normalized spacial score (nSPS) is 11.1. The van der Waals surface area contributed by atoms with Crippen LogP contribution in [-0.4, -0.2) is 22.6 Å². The van der Waals surface area contributed by atoms with Crippen LogP contribution in [0.5, 0.6) is 0 Å². The van der Waals surface area contributed by atoms with E-state index in [2.05, 4.69) is 0 Å². The van der Waals surface area contributed by atoms with Gasteiger partial charge in [0.1, 0.15) is 0 Å². The molecule has 0 fully saturated rings. The van der Waals surface area contributed by atoms with Crippen LogP contribution in [-0.2, 0) is 9.53 Å². The molecule has 1 rings (SSSR count). The SMILES string of the molecule is CC.CCOC(C(=O)O)c1cccc([N+](=O)[O-])c1. The van der Waals surface area contributed by atoms with E-state index >= 15 is 0 Å². The van der Waals surface area contributed by atoms with Crippen LogP contribution < -0.4 is 0 Å². The van der Waals surface area contributed by atoms with E-state index in [1.165, 1.54) is 24.3 Å². The lowest BCUT2D eigenvalue weighted by molar-refractivity contribution is -0.385. The van der Waals surface area contributed by atoms with Gasteiger partial charge in [0.2, 0.25) is 0 Å². The summed E-state index contributed by atoms with van der Waals surface area (Å²) in [5.41, 5.74) is 0.118. The molecule has 1 N–H and O–H groups in total. The Hall–Kier alpha value is -1.95. The molecule has 6 heteroatoms. The monoisotopic (exact) mass is 255 g/mol. The first-order chi connectivity index (χ1) is 8.56. The van der Waals surface area contributed by atoms with Crippen molar-refractivity contribution in [1.82, 2.24) is 0 Å². The van der Waals surface area contributed by atoms with Gasteiger partial charge in [-0.25, -0.2) is 4.79 Å². The van der Waals surface area contributed by atoms with Gasteiger partial charge >= 0.3 is 5.97 Å². The molecule has 0 heterocycles. The maximum atomic E-state index is 10.9. The van der Waals surface area contributed by atoms with Gasteiger partial charge in [0.05, 0.1) is 4.92 Å². The number of nitro groups is 1. The van der Waals surface area contributed by atoms with E-state index < -0.39 is 17.0 Å². The first-order valence-corrected chi connectivity index (χ1v) is 5.65. The number of carboxylic acids is 1. The summed E-state index contributed by atoms with van der Waals surface area (Å²) in [6.45, 7) is 5.88. The molecule has 6 nitrogen and oxygen atoms in total. The number of hydrogen-bond donors (Lipinski definition) is 1. The number of ether oxygens (including phenoxy) is 1. The summed E-state index contributed by atoms with van der Waals surface area (Å²) in [5.74, 6) is -1.16. The molecular formula is C12H17NO5. The molecule has 0 radical (unpaired) electrons. The maximum absolute atomic E-state index is 10.9. The zero-order valence-corrected chi connectivity index (χ0v) is 10.6. The Bertz CT molecular complexity index is 405. The van der Waals surface area contributed by atoms with Crippen LogP contribution in [0.15, 0.2) is 24.3 Å². The second-order valence-corrected chi connectivity index (χ2v) is 3.03. The Kier molecular flexibility index (Phi) is 7.30. The Morgan fingerprint density at radius 3 is 2.56 bits per heavy atom. The fourth-order valence-corrected chi connectivity index (χ4v) is 1.28. The number of rotatable bonds is 5. The third-order valence-electron chi connectivity index (χ3n) is 1.94. The van der Waals surface area contributed by atoms with Gasteiger partial charge in [0.15, 0.2) is 6.10 Å². The molecule has 0 aliphatic carbocycles. The molecule has 0 bridgehead atoms. The Morgan fingerprint density at radius 2 is 2.11 bits per heavy atom. The first-order valence-electron chi connectivity index (χ1n) is 5.65. The highest BCUT2D eigenvalue weighted by Crippen LogP contribution is 2.22. The predicted octanol–water partition coefficient (Wildman–Crippen LogP) is 2.78. The number of benzene rings is 1. The molecule has 1 unspecified atom stereocenters. The van der Waals surface area contributed by atoms with Gasteiger partial charge in [-0.05, 0) is 12.5 Å². The van der Waals surface area contributed by atoms with Gasteiger partial charge in [-0.1, -0.05) is 26.0 Å². The average Bonchev–Trinajstić information content (AvgIpc) is 2.38. The van der Waals surface area contributed by atoms with E-state index in [0.717, 1.165) is 0 Å². The van der Waals surface area contributed by atoms with Crippen LogP contribution in [0.4, 0.5) is 5.69 Å². The summed E-state index contributed by atoms with van der Waals surface area (Å²) < 4.78 is 5.00. The number of non-ortho nitro benzene ring substituents is 1. The van der Waals surface area contributed by atoms with E-state index in [9.17, 15) is 14.9 Å². The molecule has 0 saturated carbocycles. The van der Waals surface area contributed by atoms with E-state index in [1.807, 2.05) is 13.8 Å². The molecule has 1 atom stereocenters. The average molecular weight is 255 g/mol. The summed E-state index contributed by atoms with van der Waals surface area (Å²) in [7, 11) is 0. The minimum absolute atomic E-state index is 0.150. The Labute approximate surface area is 105 Å². The maximum Gasteiger partial charge on any atom is 0.337 e. The van der Waals surface area contributed by atoms with Gasteiger partial charge in [0, 0.05) is 18.7 Å². The van der Waals surface area contributed by atoms with Crippen molar-refractivity contribution in [2.75, 3.05) is 6.61 Å². The highest BCUT2D eigenvalue weighted by molar-refractivity contribution is 5.74. The molecule has 0 aromatic heterocycles. The van der Waals surface area contributed by atoms with E-state index in [-0.39, 0.29) is 17.9 Å². The molecule has 0 saturated heterocycles. The quantitative estimate of drug-likeness (QED) is 0.645. The zero-order valence-electron chi connectivity index (χ0n) is 10.6. The number of carboxylic acid groups (broad SMARTS) is 1. The van der Waals surface area contributed by atoms with Crippen LogP contribution in [0.3, 0.4) is 0 Å². The smallest absolute Gasteiger partial charge is 0.337 e. The number of hydrogen-bond acceptors (Lipinski definition) is 4. The molecule has 100 valence electrons. The van der Waals surface area contributed by atoms with Crippen molar-refractivity contribution in [3.8, 4) is 0 Å². The summed E-state index contributed by atoms with van der Waals surface area (Å²) >= 11 is 0. The van der Waals surface area contributed by atoms with E-state index in [0.29, 0.717) is 0 Å². The van der Waals surface area contributed by atoms with Crippen LogP contribution >= 0.6 is 0 Å². The van der Waals surface area contributed by atoms with Gasteiger partial charge < -0.3 is 9.84 Å². The van der Waals surface area contributed by atoms with Gasteiger partial charge in [-0.15, -0.1) is 0 Å². The van der Waals surface area contributed by atoms with Crippen molar-refractivity contribution in [1.29, 1.82) is 0 Å². The van der Waals surface area contributed by atoms with Gasteiger partial charge in [0.25, 0.3) is 5.69 Å². The van der Waals surface area contributed by atoms with E-state index in [4.69, 9.17) is 9.84 Å². The fourth-order valence-electron chi connectivity index (χ4n) is 1.28. The summed E-state index contributed by atoms with van der Waals surface area (Å²) in [6, 6.07) is 5.42. The summed E-state index contributed by atoms with van der Waals surface area (Å²) in [6.07, 6.45) is -1.16. The number of nitrogens with zero attached hydrogens (tertiary/aromatic N) is 1. The Morgan fingerprint density at radius 1 is 1.50 bits per heavy atom. The van der Waals surface area contributed by atoms with Crippen molar-refractivity contribution in [2.24, 2.45) is 0 Å². The van der Waals surface area contributed by atoms with Crippen molar-refractivity contribution in [3.63, 3.8) is 0 Å². The van der Waals surface area contributed by atoms with Gasteiger partial charge in [-0.2, -0.15) is 0 Å². The lowest BCUT2D eigenvalue weighted by Crippen LogP contribution is -2.15. The molecule has 0 aliphatic heterocycles. The fraction of sp³-hybridized carbons (Fsp3) is 0.417. The lowest BCUT2D eigenvalue weighted by atomic mass is 10.1. The second-order valence-electron chi connectivity index (χ2n) is 3.03. The van der Waals surface area contributed by atoms with Crippen molar-refractivity contribution >= 4 is 11.7 Å². The number of nitro benzene ring substituents is 1. The van der Waals surface area contributed by atoms with Crippen molar-refractivity contribution in [3.05, 3.63) is 39.9 Å². The minimum Gasteiger partial charge on any atom is -0.479 e. The molecule has 18 heavy (non-hydrogen) atoms. The van der Waals surface area contributed by atoms with Crippen molar-refractivity contribution in [2.45, 2.75) is 26.9 Å². The predicted molar refractivity (Wildman–Crippen MR) is 66.4 cm³/mol. The second kappa shape index (κ2) is 8.19. The highest BCUT2D eigenvalue weighted by Gasteiger charge is 2.21.